The summed E-state index contributed by atoms with van der Waals surface area (Å²) in [4.78, 5) is 12.6. The molecule has 4 rings (SSSR count). The largest absolute Gasteiger partial charge is 0.481 e. The molecule has 3 heteroatoms. The molecular formula is C24H25NO2. The van der Waals surface area contributed by atoms with Crippen molar-refractivity contribution in [2.24, 2.45) is 0 Å². The summed E-state index contributed by atoms with van der Waals surface area (Å²) in [6.07, 6.45) is 3.00. The molecule has 27 heavy (non-hydrogen) atoms. The number of amides is 1. The van der Waals surface area contributed by atoms with Crippen molar-refractivity contribution in [3.8, 4) is 5.75 Å². The van der Waals surface area contributed by atoms with E-state index in [-0.39, 0.29) is 11.9 Å². The minimum atomic E-state index is -0.553. The highest BCUT2D eigenvalue weighted by atomic mass is 16.5. The summed E-state index contributed by atoms with van der Waals surface area (Å²) in [5.41, 5.74) is 4.03. The van der Waals surface area contributed by atoms with Crippen LogP contribution < -0.4 is 10.1 Å². The Labute approximate surface area is 160 Å². The van der Waals surface area contributed by atoms with E-state index in [4.69, 9.17) is 4.74 Å². The van der Waals surface area contributed by atoms with Crippen molar-refractivity contribution in [2.45, 2.75) is 45.3 Å². The van der Waals surface area contributed by atoms with Crippen molar-refractivity contribution in [3.05, 3.63) is 77.4 Å². The zero-order chi connectivity index (χ0) is 18.8. The first-order valence-corrected chi connectivity index (χ1v) is 9.68. The Morgan fingerprint density at radius 1 is 0.926 bits per heavy atom. The maximum atomic E-state index is 12.6. The fourth-order valence-corrected chi connectivity index (χ4v) is 3.77. The molecule has 0 fully saturated rings. The molecule has 0 spiro atoms. The van der Waals surface area contributed by atoms with E-state index in [1.54, 1.807) is 6.92 Å². The lowest BCUT2D eigenvalue weighted by atomic mass is 10.0. The van der Waals surface area contributed by atoms with Gasteiger partial charge in [0, 0.05) is 0 Å². The van der Waals surface area contributed by atoms with Crippen molar-refractivity contribution >= 4 is 16.7 Å². The van der Waals surface area contributed by atoms with Crippen LogP contribution in [-0.4, -0.2) is 12.0 Å². The highest BCUT2D eigenvalue weighted by Crippen LogP contribution is 2.26. The quantitative estimate of drug-likeness (QED) is 0.698. The second kappa shape index (κ2) is 7.43. The molecule has 1 amide bonds. The summed E-state index contributed by atoms with van der Waals surface area (Å²) in [5, 5.41) is 5.35. The minimum Gasteiger partial charge on any atom is -0.481 e. The molecule has 1 aliphatic carbocycles. The lowest BCUT2D eigenvalue weighted by Crippen LogP contribution is -2.37. The van der Waals surface area contributed by atoms with Crippen LogP contribution in [0, 0.1) is 0 Å². The fourth-order valence-electron chi connectivity index (χ4n) is 3.77. The first-order valence-electron chi connectivity index (χ1n) is 9.68. The number of ether oxygens (including phenoxy) is 1. The minimum absolute atomic E-state index is 0.0361. The monoisotopic (exact) mass is 359 g/mol. The number of fused-ring (bicyclic) bond motifs is 2. The Hall–Kier alpha value is -2.81. The maximum absolute atomic E-state index is 12.6. The number of benzene rings is 3. The summed E-state index contributed by atoms with van der Waals surface area (Å²) in [5.74, 6) is 0.609. The molecule has 0 unspecified atom stereocenters. The Balaban J connectivity index is 1.40. The summed E-state index contributed by atoms with van der Waals surface area (Å²) in [6, 6.07) is 20.6. The van der Waals surface area contributed by atoms with Crippen LogP contribution in [0.3, 0.4) is 0 Å². The zero-order valence-electron chi connectivity index (χ0n) is 15.9. The summed E-state index contributed by atoms with van der Waals surface area (Å²) < 4.78 is 5.88. The van der Waals surface area contributed by atoms with Gasteiger partial charge in [-0.3, -0.25) is 4.79 Å². The number of hydrogen-bond acceptors (Lipinski definition) is 2. The van der Waals surface area contributed by atoms with Crippen LogP contribution >= 0.6 is 0 Å². The predicted octanol–water partition coefficient (Wildman–Crippen LogP) is 4.97. The number of hydrogen-bond donors (Lipinski definition) is 1. The van der Waals surface area contributed by atoms with Gasteiger partial charge in [-0.05, 0) is 72.7 Å². The van der Waals surface area contributed by atoms with E-state index < -0.39 is 6.10 Å². The van der Waals surface area contributed by atoms with Crippen LogP contribution in [-0.2, 0) is 17.6 Å². The molecule has 138 valence electrons. The van der Waals surface area contributed by atoms with Crippen LogP contribution in [0.25, 0.3) is 10.8 Å². The van der Waals surface area contributed by atoms with Crippen LogP contribution in [0.4, 0.5) is 0 Å². The zero-order valence-corrected chi connectivity index (χ0v) is 15.9. The Bertz CT molecular complexity index is 979. The molecule has 0 aliphatic heterocycles. The smallest absolute Gasteiger partial charge is 0.261 e. The molecule has 3 aromatic carbocycles. The summed E-state index contributed by atoms with van der Waals surface area (Å²) >= 11 is 0. The molecule has 0 saturated carbocycles. The van der Waals surface area contributed by atoms with Crippen LogP contribution in [0.2, 0.25) is 0 Å². The van der Waals surface area contributed by atoms with Crippen molar-refractivity contribution in [3.63, 3.8) is 0 Å². The number of aryl methyl sites for hydroxylation is 2. The van der Waals surface area contributed by atoms with Gasteiger partial charge in [0.05, 0.1) is 6.04 Å². The van der Waals surface area contributed by atoms with Gasteiger partial charge in [-0.1, -0.05) is 48.5 Å². The van der Waals surface area contributed by atoms with Gasteiger partial charge < -0.3 is 10.1 Å². The van der Waals surface area contributed by atoms with E-state index in [0.717, 1.165) is 22.8 Å². The highest BCUT2D eigenvalue weighted by molar-refractivity contribution is 5.84. The lowest BCUT2D eigenvalue weighted by Gasteiger charge is -2.20. The molecule has 0 saturated heterocycles. The van der Waals surface area contributed by atoms with E-state index in [0.29, 0.717) is 5.75 Å². The van der Waals surface area contributed by atoms with Crippen LogP contribution in [0.5, 0.6) is 5.75 Å². The van der Waals surface area contributed by atoms with Gasteiger partial charge in [0.15, 0.2) is 6.10 Å². The first kappa shape index (κ1) is 17.6. The predicted molar refractivity (Wildman–Crippen MR) is 109 cm³/mol. The Morgan fingerprint density at radius 2 is 1.70 bits per heavy atom. The van der Waals surface area contributed by atoms with E-state index in [1.165, 1.54) is 24.0 Å². The molecule has 0 radical (unpaired) electrons. The molecule has 0 heterocycles. The van der Waals surface area contributed by atoms with Gasteiger partial charge in [-0.25, -0.2) is 0 Å². The van der Waals surface area contributed by atoms with Gasteiger partial charge in [-0.2, -0.15) is 0 Å². The second-order valence-corrected chi connectivity index (χ2v) is 7.38. The second-order valence-electron chi connectivity index (χ2n) is 7.38. The average Bonchev–Trinajstić information content (AvgIpc) is 3.15. The standard InChI is InChI=1S/C24H25NO2/c1-16(20-11-10-19-8-5-9-21(19)14-20)25-24(26)17(2)27-23-13-12-18-6-3-4-7-22(18)15-23/h3-4,6-7,10-17H,5,8-9H2,1-2H3,(H,25,26)/t16-,17+/m0/s1. The molecule has 0 bridgehead atoms. The van der Waals surface area contributed by atoms with E-state index in [9.17, 15) is 4.79 Å². The molecule has 3 nitrogen and oxygen atoms in total. The van der Waals surface area contributed by atoms with Gasteiger partial charge in [-0.15, -0.1) is 0 Å². The number of carbonyl (C=O) groups is 1. The Kier molecular flexibility index (Phi) is 4.85. The molecular weight excluding hydrogens is 334 g/mol. The average molecular weight is 359 g/mol. The van der Waals surface area contributed by atoms with Gasteiger partial charge in [0.1, 0.15) is 5.75 Å². The lowest BCUT2D eigenvalue weighted by molar-refractivity contribution is -0.127. The molecule has 2 atom stereocenters. The first-order chi connectivity index (χ1) is 13.1. The van der Waals surface area contributed by atoms with Gasteiger partial charge in [0.2, 0.25) is 0 Å². The van der Waals surface area contributed by atoms with Crippen molar-refractivity contribution < 1.29 is 9.53 Å². The van der Waals surface area contributed by atoms with E-state index in [2.05, 4.69) is 29.6 Å². The highest BCUT2D eigenvalue weighted by Gasteiger charge is 2.19. The summed E-state index contributed by atoms with van der Waals surface area (Å²) in [7, 11) is 0. The van der Waals surface area contributed by atoms with E-state index >= 15 is 0 Å². The Morgan fingerprint density at radius 3 is 2.56 bits per heavy atom. The van der Waals surface area contributed by atoms with Crippen LogP contribution in [0.15, 0.2) is 60.7 Å². The van der Waals surface area contributed by atoms with Crippen molar-refractivity contribution in [1.82, 2.24) is 5.32 Å². The molecule has 0 aromatic heterocycles. The SMILES string of the molecule is C[C@H](NC(=O)[C@@H](C)Oc1ccc2ccccc2c1)c1ccc2c(c1)CCC2. The van der Waals surface area contributed by atoms with Crippen molar-refractivity contribution in [2.75, 3.05) is 0 Å². The number of nitrogens with one attached hydrogen (secondary N) is 1. The number of carbonyl (C=O) groups excluding carboxylic acids is 1. The van der Waals surface area contributed by atoms with Gasteiger partial charge >= 0.3 is 0 Å². The van der Waals surface area contributed by atoms with Crippen molar-refractivity contribution in [1.29, 1.82) is 0 Å². The third-order valence-electron chi connectivity index (χ3n) is 5.38. The van der Waals surface area contributed by atoms with E-state index in [1.807, 2.05) is 43.3 Å². The topological polar surface area (TPSA) is 38.3 Å². The number of rotatable bonds is 5. The summed E-state index contributed by atoms with van der Waals surface area (Å²) in [6.45, 7) is 3.82. The maximum Gasteiger partial charge on any atom is 0.261 e. The molecule has 1 N–H and O–H groups in total. The third-order valence-corrected chi connectivity index (χ3v) is 5.38. The van der Waals surface area contributed by atoms with Gasteiger partial charge in [0.25, 0.3) is 5.91 Å². The third kappa shape index (κ3) is 3.82. The molecule has 1 aliphatic rings. The van der Waals surface area contributed by atoms with Crippen LogP contribution in [0.1, 0.15) is 43.0 Å². The normalized spacial score (nSPS) is 15.2. The fraction of sp³-hybridized carbons (Fsp3) is 0.292. The molecule has 3 aromatic rings.